The topological polar surface area (TPSA) is 64.1 Å². The molecule has 0 aromatic carbocycles. The fourth-order valence-electron chi connectivity index (χ4n) is 2.46. The zero-order chi connectivity index (χ0) is 14.8. The molecule has 6 nitrogen and oxygen atoms in total. The zero-order valence-corrected chi connectivity index (χ0v) is 12.5. The molecule has 0 aromatic rings. The standard InChI is InChI=1S/C13H25N3O3/c1-6-16(13(3,4)11(17)18)12(19)15-8-7-14(5)9-10(15)2/h10H,6-9H2,1-5H3,(H,17,18). The molecule has 1 aliphatic heterocycles. The molecule has 1 saturated heterocycles. The van der Waals surface area contributed by atoms with Gasteiger partial charge in [0.05, 0.1) is 0 Å². The zero-order valence-electron chi connectivity index (χ0n) is 12.5. The summed E-state index contributed by atoms with van der Waals surface area (Å²) >= 11 is 0. The average Bonchev–Trinajstić information content (AvgIpc) is 2.28. The number of carbonyl (C=O) groups excluding carboxylic acids is 1. The van der Waals surface area contributed by atoms with E-state index in [0.29, 0.717) is 13.1 Å². The Morgan fingerprint density at radius 1 is 1.37 bits per heavy atom. The van der Waals surface area contributed by atoms with E-state index >= 15 is 0 Å². The smallest absolute Gasteiger partial charge is 0.329 e. The van der Waals surface area contributed by atoms with E-state index in [4.69, 9.17) is 0 Å². The second-order valence-electron chi connectivity index (χ2n) is 5.70. The van der Waals surface area contributed by atoms with Gasteiger partial charge in [0.2, 0.25) is 0 Å². The maximum absolute atomic E-state index is 12.6. The molecule has 6 heteroatoms. The number of piperazine rings is 1. The van der Waals surface area contributed by atoms with E-state index in [2.05, 4.69) is 4.90 Å². The van der Waals surface area contributed by atoms with Gasteiger partial charge in [0.15, 0.2) is 0 Å². The number of carboxylic acid groups (broad SMARTS) is 1. The molecule has 110 valence electrons. The van der Waals surface area contributed by atoms with E-state index in [-0.39, 0.29) is 12.1 Å². The lowest BCUT2D eigenvalue weighted by Gasteiger charge is -2.43. The Balaban J connectivity index is 2.88. The molecule has 0 saturated carbocycles. The highest BCUT2D eigenvalue weighted by Crippen LogP contribution is 2.19. The molecule has 1 rings (SSSR count). The maximum atomic E-state index is 12.6. The Morgan fingerprint density at radius 3 is 2.37 bits per heavy atom. The monoisotopic (exact) mass is 271 g/mol. The van der Waals surface area contributed by atoms with Crippen LogP contribution in [0.25, 0.3) is 0 Å². The van der Waals surface area contributed by atoms with Crippen LogP contribution in [0.1, 0.15) is 27.7 Å². The first-order valence-electron chi connectivity index (χ1n) is 6.72. The lowest BCUT2D eigenvalue weighted by molar-refractivity contribution is -0.148. The number of urea groups is 1. The van der Waals surface area contributed by atoms with Crippen LogP contribution in [0.15, 0.2) is 0 Å². The van der Waals surface area contributed by atoms with Gasteiger partial charge in [-0.25, -0.2) is 9.59 Å². The quantitative estimate of drug-likeness (QED) is 0.829. The Morgan fingerprint density at radius 2 is 1.95 bits per heavy atom. The van der Waals surface area contributed by atoms with E-state index in [1.807, 2.05) is 20.9 Å². The van der Waals surface area contributed by atoms with Crippen molar-refractivity contribution in [3.05, 3.63) is 0 Å². The van der Waals surface area contributed by atoms with Crippen molar-refractivity contribution in [1.82, 2.24) is 14.7 Å². The van der Waals surface area contributed by atoms with Crippen molar-refractivity contribution >= 4 is 12.0 Å². The van der Waals surface area contributed by atoms with Crippen LogP contribution in [0.3, 0.4) is 0 Å². The second kappa shape index (κ2) is 5.77. The molecule has 1 heterocycles. The highest BCUT2D eigenvalue weighted by Gasteiger charge is 2.40. The Hall–Kier alpha value is -1.30. The lowest BCUT2D eigenvalue weighted by atomic mass is 10.0. The van der Waals surface area contributed by atoms with Crippen molar-refractivity contribution in [2.45, 2.75) is 39.3 Å². The van der Waals surface area contributed by atoms with Crippen molar-refractivity contribution in [2.24, 2.45) is 0 Å². The molecule has 1 unspecified atom stereocenters. The molecular weight excluding hydrogens is 246 g/mol. The molecule has 1 aliphatic rings. The van der Waals surface area contributed by atoms with Crippen LogP contribution in [0.5, 0.6) is 0 Å². The number of amides is 2. The highest BCUT2D eigenvalue weighted by molar-refractivity contribution is 5.85. The number of carboxylic acids is 1. The van der Waals surface area contributed by atoms with Gasteiger partial charge in [0.25, 0.3) is 0 Å². The molecule has 1 N–H and O–H groups in total. The minimum absolute atomic E-state index is 0.102. The molecule has 0 bridgehead atoms. The van der Waals surface area contributed by atoms with Gasteiger partial charge in [-0.15, -0.1) is 0 Å². The minimum atomic E-state index is -1.19. The first-order chi connectivity index (χ1) is 8.71. The van der Waals surface area contributed by atoms with Gasteiger partial charge in [0, 0.05) is 32.2 Å². The highest BCUT2D eigenvalue weighted by atomic mass is 16.4. The number of hydrogen-bond acceptors (Lipinski definition) is 3. The summed E-state index contributed by atoms with van der Waals surface area (Å²) in [7, 11) is 2.02. The lowest BCUT2D eigenvalue weighted by Crippen LogP contribution is -2.61. The molecule has 0 spiro atoms. The summed E-state index contributed by atoms with van der Waals surface area (Å²) in [5.74, 6) is -0.982. The number of nitrogens with zero attached hydrogens (tertiary/aromatic N) is 3. The van der Waals surface area contributed by atoms with Gasteiger partial charge in [-0.3, -0.25) is 0 Å². The Labute approximate surface area is 115 Å². The first-order valence-corrected chi connectivity index (χ1v) is 6.72. The SMILES string of the molecule is CCN(C(=O)N1CCN(C)CC1C)C(C)(C)C(=O)O. The van der Waals surface area contributed by atoms with Crippen LogP contribution in [0.2, 0.25) is 0 Å². The Kier molecular flexibility index (Phi) is 4.79. The summed E-state index contributed by atoms with van der Waals surface area (Å²) in [6.07, 6.45) is 0. The molecular formula is C13H25N3O3. The summed E-state index contributed by atoms with van der Waals surface area (Å²) in [5, 5.41) is 9.28. The fraction of sp³-hybridized carbons (Fsp3) is 0.846. The second-order valence-corrected chi connectivity index (χ2v) is 5.70. The third kappa shape index (κ3) is 3.18. The van der Waals surface area contributed by atoms with Crippen LogP contribution in [0, 0.1) is 0 Å². The third-order valence-electron chi connectivity index (χ3n) is 3.82. The van der Waals surface area contributed by atoms with Gasteiger partial charge in [0.1, 0.15) is 5.54 Å². The summed E-state index contributed by atoms with van der Waals surface area (Å²) in [6, 6.07) is -0.0830. The van der Waals surface area contributed by atoms with E-state index in [1.165, 1.54) is 4.90 Å². The van der Waals surface area contributed by atoms with Crippen LogP contribution in [0.4, 0.5) is 4.79 Å². The van der Waals surface area contributed by atoms with Crippen molar-refractivity contribution in [3.8, 4) is 0 Å². The van der Waals surface area contributed by atoms with Crippen LogP contribution in [-0.4, -0.2) is 76.6 Å². The summed E-state index contributed by atoms with van der Waals surface area (Å²) in [4.78, 5) is 29.3. The van der Waals surface area contributed by atoms with Crippen molar-refractivity contribution in [2.75, 3.05) is 33.2 Å². The molecule has 2 amide bonds. The normalized spacial score (nSPS) is 21.3. The number of aliphatic carboxylic acids is 1. The van der Waals surface area contributed by atoms with Crippen LogP contribution < -0.4 is 0 Å². The molecule has 1 atom stereocenters. The minimum Gasteiger partial charge on any atom is -0.480 e. The molecule has 0 aliphatic carbocycles. The first kappa shape index (κ1) is 15.8. The van der Waals surface area contributed by atoms with Gasteiger partial charge >= 0.3 is 12.0 Å². The van der Waals surface area contributed by atoms with Crippen LogP contribution in [-0.2, 0) is 4.79 Å². The summed E-state index contributed by atoms with van der Waals surface area (Å²) in [5.41, 5.74) is -1.19. The number of hydrogen-bond donors (Lipinski definition) is 1. The van der Waals surface area contributed by atoms with E-state index < -0.39 is 11.5 Å². The van der Waals surface area contributed by atoms with E-state index in [0.717, 1.165) is 13.1 Å². The van der Waals surface area contributed by atoms with Gasteiger partial charge in [-0.1, -0.05) is 0 Å². The maximum Gasteiger partial charge on any atom is 0.329 e. The largest absolute Gasteiger partial charge is 0.480 e. The number of likely N-dealkylation sites (N-methyl/N-ethyl adjacent to an activating group) is 2. The van der Waals surface area contributed by atoms with E-state index in [1.54, 1.807) is 18.7 Å². The number of rotatable bonds is 3. The van der Waals surface area contributed by atoms with Gasteiger partial charge in [-0.2, -0.15) is 0 Å². The van der Waals surface area contributed by atoms with Crippen molar-refractivity contribution < 1.29 is 14.7 Å². The predicted molar refractivity (Wildman–Crippen MR) is 73.2 cm³/mol. The Bertz CT molecular complexity index is 357. The molecule has 19 heavy (non-hydrogen) atoms. The summed E-state index contributed by atoms with van der Waals surface area (Å²) in [6.45, 7) is 9.60. The molecule has 0 aromatic heterocycles. The molecule has 1 fully saturated rings. The van der Waals surface area contributed by atoms with Crippen molar-refractivity contribution in [3.63, 3.8) is 0 Å². The fourth-order valence-corrected chi connectivity index (χ4v) is 2.46. The third-order valence-corrected chi connectivity index (χ3v) is 3.82. The van der Waals surface area contributed by atoms with Crippen LogP contribution >= 0.6 is 0 Å². The molecule has 0 radical (unpaired) electrons. The van der Waals surface area contributed by atoms with E-state index in [9.17, 15) is 14.7 Å². The average molecular weight is 271 g/mol. The van der Waals surface area contributed by atoms with Gasteiger partial charge < -0.3 is 19.8 Å². The van der Waals surface area contributed by atoms with Gasteiger partial charge in [-0.05, 0) is 34.7 Å². The summed E-state index contributed by atoms with van der Waals surface area (Å²) < 4.78 is 0. The number of carbonyl (C=O) groups is 2. The van der Waals surface area contributed by atoms with Crippen molar-refractivity contribution in [1.29, 1.82) is 0 Å². The predicted octanol–water partition coefficient (Wildman–Crippen LogP) is 0.927.